The lowest BCUT2D eigenvalue weighted by Gasteiger charge is -2.07. The molecule has 0 heterocycles. The molecule has 1 aromatic carbocycles. The van der Waals surface area contributed by atoms with Gasteiger partial charge in [-0.25, -0.2) is 0 Å². The first-order valence-corrected chi connectivity index (χ1v) is 6.47. The highest BCUT2D eigenvalue weighted by atomic mass is 16.5. The van der Waals surface area contributed by atoms with E-state index in [-0.39, 0.29) is 12.5 Å². The Morgan fingerprint density at radius 3 is 2.58 bits per heavy atom. The van der Waals surface area contributed by atoms with E-state index in [1.807, 2.05) is 6.92 Å². The number of aliphatic hydroxyl groups excluding tert-OH is 1. The monoisotopic (exact) mass is 267 g/mol. The number of amides is 1. The van der Waals surface area contributed by atoms with Crippen LogP contribution in [-0.2, 0) is 4.74 Å². The maximum Gasteiger partial charge on any atom is 0.251 e. The van der Waals surface area contributed by atoms with Crippen molar-refractivity contribution < 1.29 is 19.4 Å². The Balaban J connectivity index is 2.32. The summed E-state index contributed by atoms with van der Waals surface area (Å²) >= 11 is 0. The van der Waals surface area contributed by atoms with Crippen molar-refractivity contribution in [2.24, 2.45) is 0 Å². The fourth-order valence-electron chi connectivity index (χ4n) is 1.43. The van der Waals surface area contributed by atoms with Gasteiger partial charge in [0.1, 0.15) is 5.75 Å². The summed E-state index contributed by atoms with van der Waals surface area (Å²) in [5.41, 5.74) is 0.589. The second-order valence-electron chi connectivity index (χ2n) is 3.96. The largest absolute Gasteiger partial charge is 0.494 e. The Kier molecular flexibility index (Phi) is 7.62. The highest BCUT2D eigenvalue weighted by molar-refractivity contribution is 5.94. The van der Waals surface area contributed by atoms with E-state index in [4.69, 9.17) is 14.6 Å². The summed E-state index contributed by atoms with van der Waals surface area (Å²) in [6.45, 7) is 3.82. The molecule has 1 aromatic rings. The van der Waals surface area contributed by atoms with E-state index >= 15 is 0 Å². The molecule has 1 rings (SSSR count). The SMILES string of the molecule is CCCOc1ccc(C(=O)NCCOCCO)cc1. The van der Waals surface area contributed by atoms with Crippen LogP contribution in [0.25, 0.3) is 0 Å². The van der Waals surface area contributed by atoms with Gasteiger partial charge < -0.3 is 19.9 Å². The van der Waals surface area contributed by atoms with Gasteiger partial charge in [-0.05, 0) is 30.7 Å². The molecular weight excluding hydrogens is 246 g/mol. The summed E-state index contributed by atoms with van der Waals surface area (Å²) in [5.74, 6) is 0.624. The molecule has 106 valence electrons. The highest BCUT2D eigenvalue weighted by Crippen LogP contribution is 2.12. The third-order valence-electron chi connectivity index (χ3n) is 2.36. The minimum absolute atomic E-state index is 0.00678. The summed E-state index contributed by atoms with van der Waals surface area (Å²) in [6.07, 6.45) is 0.954. The van der Waals surface area contributed by atoms with Gasteiger partial charge >= 0.3 is 0 Å². The molecular formula is C14H21NO4. The minimum atomic E-state index is -0.144. The molecule has 0 radical (unpaired) electrons. The molecule has 0 saturated heterocycles. The molecule has 2 N–H and O–H groups in total. The van der Waals surface area contributed by atoms with Gasteiger partial charge in [0.25, 0.3) is 5.91 Å². The predicted octanol–water partition coefficient (Wildman–Crippen LogP) is 1.21. The number of rotatable bonds is 9. The predicted molar refractivity (Wildman–Crippen MR) is 72.5 cm³/mol. The van der Waals surface area contributed by atoms with Crippen molar-refractivity contribution in [2.75, 3.05) is 33.0 Å². The van der Waals surface area contributed by atoms with E-state index in [1.54, 1.807) is 24.3 Å². The molecule has 0 unspecified atom stereocenters. The molecule has 0 spiro atoms. The average molecular weight is 267 g/mol. The lowest BCUT2D eigenvalue weighted by Crippen LogP contribution is -2.27. The molecule has 1 amide bonds. The zero-order chi connectivity index (χ0) is 13.9. The molecule has 0 aliphatic rings. The summed E-state index contributed by atoms with van der Waals surface area (Å²) in [6, 6.07) is 7.03. The number of carbonyl (C=O) groups is 1. The van der Waals surface area contributed by atoms with Gasteiger partial charge in [0.2, 0.25) is 0 Å². The van der Waals surface area contributed by atoms with Crippen LogP contribution >= 0.6 is 0 Å². The quantitative estimate of drug-likeness (QED) is 0.660. The number of carbonyl (C=O) groups excluding carboxylic acids is 1. The number of hydrogen-bond donors (Lipinski definition) is 2. The second-order valence-corrected chi connectivity index (χ2v) is 3.96. The second kappa shape index (κ2) is 9.35. The molecule has 0 aromatic heterocycles. The minimum Gasteiger partial charge on any atom is -0.494 e. The van der Waals surface area contributed by atoms with Crippen molar-refractivity contribution >= 4 is 5.91 Å². The normalized spacial score (nSPS) is 10.2. The molecule has 0 atom stereocenters. The van der Waals surface area contributed by atoms with Gasteiger partial charge in [-0.3, -0.25) is 4.79 Å². The van der Waals surface area contributed by atoms with Gasteiger partial charge in [-0.15, -0.1) is 0 Å². The van der Waals surface area contributed by atoms with Crippen LogP contribution in [0.5, 0.6) is 5.75 Å². The molecule has 0 saturated carbocycles. The Labute approximate surface area is 113 Å². The lowest BCUT2D eigenvalue weighted by molar-refractivity contribution is 0.0838. The molecule has 0 fully saturated rings. The van der Waals surface area contributed by atoms with Crippen LogP contribution in [0, 0.1) is 0 Å². The number of aliphatic hydroxyl groups is 1. The molecule has 19 heavy (non-hydrogen) atoms. The Morgan fingerprint density at radius 1 is 1.21 bits per heavy atom. The molecule has 0 aliphatic carbocycles. The van der Waals surface area contributed by atoms with E-state index in [1.165, 1.54) is 0 Å². The first-order valence-electron chi connectivity index (χ1n) is 6.47. The van der Waals surface area contributed by atoms with E-state index in [9.17, 15) is 4.79 Å². The third-order valence-corrected chi connectivity index (χ3v) is 2.36. The van der Waals surface area contributed by atoms with E-state index in [2.05, 4.69) is 5.32 Å². The van der Waals surface area contributed by atoms with Crippen molar-refractivity contribution in [1.82, 2.24) is 5.32 Å². The van der Waals surface area contributed by atoms with Crippen LogP contribution < -0.4 is 10.1 Å². The van der Waals surface area contributed by atoms with Crippen molar-refractivity contribution in [3.63, 3.8) is 0 Å². The van der Waals surface area contributed by atoms with Gasteiger partial charge in [0.05, 0.1) is 26.4 Å². The van der Waals surface area contributed by atoms with E-state index in [0.29, 0.717) is 31.9 Å². The van der Waals surface area contributed by atoms with Crippen LogP contribution in [0.15, 0.2) is 24.3 Å². The summed E-state index contributed by atoms with van der Waals surface area (Å²) in [7, 11) is 0. The van der Waals surface area contributed by atoms with Gasteiger partial charge in [0, 0.05) is 12.1 Å². The van der Waals surface area contributed by atoms with Crippen LogP contribution in [0.2, 0.25) is 0 Å². The van der Waals surface area contributed by atoms with E-state index in [0.717, 1.165) is 12.2 Å². The van der Waals surface area contributed by atoms with Crippen LogP contribution in [0.3, 0.4) is 0 Å². The Hall–Kier alpha value is -1.59. The summed E-state index contributed by atoms with van der Waals surface area (Å²) < 4.78 is 10.5. The zero-order valence-corrected chi connectivity index (χ0v) is 11.2. The lowest BCUT2D eigenvalue weighted by atomic mass is 10.2. The topological polar surface area (TPSA) is 67.8 Å². The van der Waals surface area contributed by atoms with Crippen LogP contribution in [0.1, 0.15) is 23.7 Å². The molecule has 0 bridgehead atoms. The number of benzene rings is 1. The van der Waals surface area contributed by atoms with Crippen molar-refractivity contribution in [3.8, 4) is 5.75 Å². The fraction of sp³-hybridized carbons (Fsp3) is 0.500. The zero-order valence-electron chi connectivity index (χ0n) is 11.2. The smallest absolute Gasteiger partial charge is 0.251 e. The Morgan fingerprint density at radius 2 is 1.95 bits per heavy atom. The van der Waals surface area contributed by atoms with Crippen LogP contribution in [0.4, 0.5) is 0 Å². The number of nitrogens with one attached hydrogen (secondary N) is 1. The first-order chi connectivity index (χ1) is 9.27. The van der Waals surface area contributed by atoms with Crippen molar-refractivity contribution in [1.29, 1.82) is 0 Å². The molecule has 5 nitrogen and oxygen atoms in total. The Bertz CT molecular complexity index is 364. The maximum atomic E-state index is 11.7. The first kappa shape index (κ1) is 15.5. The van der Waals surface area contributed by atoms with Crippen molar-refractivity contribution in [2.45, 2.75) is 13.3 Å². The molecule has 5 heteroatoms. The van der Waals surface area contributed by atoms with Crippen LogP contribution in [-0.4, -0.2) is 44.0 Å². The average Bonchev–Trinajstić information content (AvgIpc) is 2.45. The van der Waals surface area contributed by atoms with Gasteiger partial charge in [-0.1, -0.05) is 6.92 Å². The van der Waals surface area contributed by atoms with Crippen molar-refractivity contribution in [3.05, 3.63) is 29.8 Å². The van der Waals surface area contributed by atoms with Gasteiger partial charge in [-0.2, -0.15) is 0 Å². The van der Waals surface area contributed by atoms with Gasteiger partial charge in [0.15, 0.2) is 0 Å². The maximum absolute atomic E-state index is 11.7. The third kappa shape index (κ3) is 6.22. The number of ether oxygens (including phenoxy) is 2. The highest BCUT2D eigenvalue weighted by Gasteiger charge is 2.04. The standard InChI is InChI=1S/C14H21NO4/c1-2-9-19-13-5-3-12(4-6-13)14(17)15-7-10-18-11-8-16/h3-6,16H,2,7-11H2,1H3,(H,15,17). The summed E-state index contributed by atoms with van der Waals surface area (Å²) in [5, 5.41) is 11.3. The fourth-order valence-corrected chi connectivity index (χ4v) is 1.43. The number of hydrogen-bond acceptors (Lipinski definition) is 4. The summed E-state index contributed by atoms with van der Waals surface area (Å²) in [4.78, 5) is 11.7. The molecule has 0 aliphatic heterocycles. The van der Waals surface area contributed by atoms with E-state index < -0.39 is 0 Å².